The van der Waals surface area contributed by atoms with Crippen LogP contribution in [0.2, 0.25) is 0 Å². The van der Waals surface area contributed by atoms with Crippen LogP contribution in [0.5, 0.6) is 0 Å². The van der Waals surface area contributed by atoms with E-state index in [9.17, 15) is 0 Å². The van der Waals surface area contributed by atoms with Crippen molar-refractivity contribution in [1.29, 1.82) is 5.41 Å². The average molecular weight is 235 g/mol. The van der Waals surface area contributed by atoms with Crippen LogP contribution in [0.1, 0.15) is 12.0 Å². The van der Waals surface area contributed by atoms with E-state index in [2.05, 4.69) is 16.3 Å². The third-order valence-corrected chi connectivity index (χ3v) is 3.24. The minimum Gasteiger partial charge on any atom is -0.484 e. The number of ether oxygens (including phenoxy) is 1. The first-order valence-corrected chi connectivity index (χ1v) is 5.86. The van der Waals surface area contributed by atoms with Gasteiger partial charge in [0.15, 0.2) is 5.90 Å². The zero-order valence-electron chi connectivity index (χ0n) is 8.99. The molecule has 0 saturated heterocycles. The van der Waals surface area contributed by atoms with Gasteiger partial charge in [-0.3, -0.25) is 10.5 Å². The molecule has 0 spiro atoms. The summed E-state index contributed by atoms with van der Waals surface area (Å²) in [5.41, 5.74) is 2.18. The van der Waals surface area contributed by atoms with Crippen molar-refractivity contribution in [2.24, 2.45) is 0 Å². The average Bonchev–Trinajstić information content (AvgIpc) is 2.95. The first-order valence-electron chi connectivity index (χ1n) is 4.99. The largest absolute Gasteiger partial charge is 0.484 e. The van der Waals surface area contributed by atoms with E-state index in [1.807, 2.05) is 17.6 Å². The van der Waals surface area contributed by atoms with E-state index < -0.39 is 0 Å². The number of hydrogen-bond acceptors (Lipinski definition) is 4. The summed E-state index contributed by atoms with van der Waals surface area (Å²) >= 11 is 1.68. The zero-order chi connectivity index (χ0) is 11.4. The van der Waals surface area contributed by atoms with Crippen LogP contribution in [0, 0.1) is 5.41 Å². The second kappa shape index (κ2) is 4.94. The molecule has 0 aromatic carbocycles. The highest BCUT2D eigenvalue weighted by Gasteiger charge is 2.09. The lowest BCUT2D eigenvalue weighted by Gasteiger charge is -2.02. The summed E-state index contributed by atoms with van der Waals surface area (Å²) in [6.07, 6.45) is 3.20. The molecule has 4 nitrogen and oxygen atoms in total. The Morgan fingerprint density at radius 1 is 1.62 bits per heavy atom. The number of hydrogen-bond donors (Lipinski definition) is 2. The number of methoxy groups -OCH3 is 1. The van der Waals surface area contributed by atoms with E-state index in [1.165, 1.54) is 12.0 Å². The Balaban J connectivity index is 2.11. The van der Waals surface area contributed by atoms with Crippen molar-refractivity contribution in [3.63, 3.8) is 0 Å². The van der Waals surface area contributed by atoms with Gasteiger partial charge in [0.25, 0.3) is 0 Å². The number of thiophene rings is 1. The van der Waals surface area contributed by atoms with Crippen molar-refractivity contribution in [2.45, 2.75) is 12.8 Å². The smallest absolute Gasteiger partial charge is 0.180 e. The molecular weight excluding hydrogens is 222 g/mol. The molecular formula is C11H13N3OS. The monoisotopic (exact) mass is 235 g/mol. The van der Waals surface area contributed by atoms with Gasteiger partial charge in [0.05, 0.1) is 23.9 Å². The van der Waals surface area contributed by atoms with Crippen LogP contribution in [0.25, 0.3) is 10.6 Å². The second-order valence-electron chi connectivity index (χ2n) is 3.37. The highest BCUT2D eigenvalue weighted by atomic mass is 32.1. The van der Waals surface area contributed by atoms with E-state index >= 15 is 0 Å². The third-order valence-electron chi connectivity index (χ3n) is 2.35. The molecule has 0 aliphatic rings. The molecule has 0 aliphatic heterocycles. The van der Waals surface area contributed by atoms with Crippen LogP contribution < -0.4 is 0 Å². The normalized spacial score (nSPS) is 10.3. The number of aryl methyl sites for hydroxylation is 1. The standard InChI is InChI=1S/C11H13N3OS/c1-15-10(12)5-4-8-7-13-14-11(8)9-3-2-6-16-9/h2-3,6-7,12H,4-5H2,1H3,(H,13,14). The Morgan fingerprint density at radius 3 is 3.19 bits per heavy atom. The molecule has 2 heterocycles. The molecule has 0 saturated carbocycles. The maximum Gasteiger partial charge on any atom is 0.180 e. The van der Waals surface area contributed by atoms with Crippen molar-refractivity contribution in [3.8, 4) is 10.6 Å². The number of aromatic amines is 1. The van der Waals surface area contributed by atoms with Gasteiger partial charge in [-0.1, -0.05) is 6.07 Å². The molecule has 0 amide bonds. The van der Waals surface area contributed by atoms with Crippen molar-refractivity contribution >= 4 is 17.2 Å². The van der Waals surface area contributed by atoms with Crippen molar-refractivity contribution in [2.75, 3.05) is 7.11 Å². The Hall–Kier alpha value is -1.62. The van der Waals surface area contributed by atoms with E-state index in [4.69, 9.17) is 10.1 Å². The maximum atomic E-state index is 7.43. The summed E-state index contributed by atoms with van der Waals surface area (Å²) in [6, 6.07) is 4.07. The van der Waals surface area contributed by atoms with Crippen LogP contribution in [-0.4, -0.2) is 23.2 Å². The molecule has 2 N–H and O–H groups in total. The van der Waals surface area contributed by atoms with Crippen molar-refractivity contribution < 1.29 is 4.74 Å². The molecule has 0 bridgehead atoms. The summed E-state index contributed by atoms with van der Waals surface area (Å²) in [4.78, 5) is 1.18. The number of nitrogens with one attached hydrogen (secondary N) is 2. The first kappa shape index (κ1) is 10.9. The third kappa shape index (κ3) is 2.30. The van der Waals surface area contributed by atoms with Gasteiger partial charge < -0.3 is 4.74 Å². The predicted octanol–water partition coefficient (Wildman–Crippen LogP) is 2.69. The van der Waals surface area contributed by atoms with Crippen molar-refractivity contribution in [3.05, 3.63) is 29.3 Å². The Morgan fingerprint density at radius 2 is 2.50 bits per heavy atom. The molecule has 5 heteroatoms. The Bertz CT molecular complexity index is 461. The molecule has 16 heavy (non-hydrogen) atoms. The van der Waals surface area contributed by atoms with Crippen LogP contribution in [0.4, 0.5) is 0 Å². The fraction of sp³-hybridized carbons (Fsp3) is 0.273. The van der Waals surface area contributed by atoms with Gasteiger partial charge in [-0.25, -0.2) is 0 Å². The fourth-order valence-corrected chi connectivity index (χ4v) is 2.24. The van der Waals surface area contributed by atoms with Gasteiger partial charge >= 0.3 is 0 Å². The maximum absolute atomic E-state index is 7.43. The van der Waals surface area contributed by atoms with Gasteiger partial charge in [-0.15, -0.1) is 11.3 Å². The fourth-order valence-electron chi connectivity index (χ4n) is 1.49. The lowest BCUT2D eigenvalue weighted by atomic mass is 10.1. The minimum absolute atomic E-state index is 0.304. The summed E-state index contributed by atoms with van der Waals surface area (Å²) in [6.45, 7) is 0. The molecule has 84 valence electrons. The molecule has 0 fully saturated rings. The van der Waals surface area contributed by atoms with Crippen LogP contribution in [0.3, 0.4) is 0 Å². The van der Waals surface area contributed by atoms with Crippen molar-refractivity contribution in [1.82, 2.24) is 10.2 Å². The lowest BCUT2D eigenvalue weighted by Crippen LogP contribution is -2.00. The molecule has 2 aromatic heterocycles. The van der Waals surface area contributed by atoms with Gasteiger partial charge in [0.2, 0.25) is 0 Å². The highest BCUT2D eigenvalue weighted by Crippen LogP contribution is 2.26. The predicted molar refractivity (Wildman–Crippen MR) is 65.0 cm³/mol. The number of aromatic nitrogens is 2. The van der Waals surface area contributed by atoms with Crippen LogP contribution in [-0.2, 0) is 11.2 Å². The minimum atomic E-state index is 0.304. The number of rotatable bonds is 4. The van der Waals surface area contributed by atoms with Gasteiger partial charge in [-0.2, -0.15) is 5.10 Å². The van der Waals surface area contributed by atoms with E-state index in [-0.39, 0.29) is 0 Å². The molecule has 2 rings (SSSR count). The summed E-state index contributed by atoms with van der Waals surface area (Å²) in [5.74, 6) is 0.304. The molecule has 2 aromatic rings. The Labute approximate surface area is 97.8 Å². The molecule has 0 aliphatic carbocycles. The number of nitrogens with zero attached hydrogens (tertiary/aromatic N) is 1. The molecule has 0 radical (unpaired) electrons. The quantitative estimate of drug-likeness (QED) is 0.632. The summed E-state index contributed by atoms with van der Waals surface area (Å²) < 4.78 is 4.83. The van der Waals surface area contributed by atoms with Gasteiger partial charge in [0.1, 0.15) is 0 Å². The van der Waals surface area contributed by atoms with E-state index in [0.717, 1.165) is 17.7 Å². The van der Waals surface area contributed by atoms with Crippen LogP contribution >= 0.6 is 11.3 Å². The molecule has 0 unspecified atom stereocenters. The molecule has 0 atom stereocenters. The lowest BCUT2D eigenvalue weighted by molar-refractivity contribution is 0.386. The second-order valence-corrected chi connectivity index (χ2v) is 4.32. The van der Waals surface area contributed by atoms with Gasteiger partial charge in [0, 0.05) is 6.42 Å². The Kier molecular flexibility index (Phi) is 3.36. The highest BCUT2D eigenvalue weighted by molar-refractivity contribution is 7.13. The SMILES string of the molecule is COC(=N)CCc1cn[nH]c1-c1cccs1. The van der Waals surface area contributed by atoms with Crippen LogP contribution in [0.15, 0.2) is 23.7 Å². The summed E-state index contributed by atoms with van der Waals surface area (Å²) in [5, 5.41) is 16.5. The first-order chi connectivity index (χ1) is 7.81. The topological polar surface area (TPSA) is 61.8 Å². The number of H-pyrrole nitrogens is 1. The van der Waals surface area contributed by atoms with E-state index in [1.54, 1.807) is 11.3 Å². The zero-order valence-corrected chi connectivity index (χ0v) is 9.80. The van der Waals surface area contributed by atoms with E-state index in [0.29, 0.717) is 12.3 Å². The summed E-state index contributed by atoms with van der Waals surface area (Å²) in [7, 11) is 1.53. The van der Waals surface area contributed by atoms with Gasteiger partial charge in [-0.05, 0) is 23.4 Å².